The molecule has 0 fully saturated rings. The third-order valence-electron chi connectivity index (χ3n) is 2.52. The Morgan fingerprint density at radius 1 is 1.15 bits per heavy atom. The minimum absolute atomic E-state index is 0.239. The summed E-state index contributed by atoms with van der Waals surface area (Å²) < 4.78 is 10.7. The first-order chi connectivity index (χ1) is 9.47. The molecule has 2 amide bonds. The van der Waals surface area contributed by atoms with E-state index in [1.54, 1.807) is 18.2 Å². The van der Waals surface area contributed by atoms with E-state index < -0.39 is 6.17 Å². The van der Waals surface area contributed by atoms with Crippen molar-refractivity contribution in [2.45, 2.75) is 26.9 Å². The van der Waals surface area contributed by atoms with Gasteiger partial charge in [0.1, 0.15) is 6.17 Å². The van der Waals surface area contributed by atoms with Crippen molar-refractivity contribution in [3.8, 4) is 11.5 Å². The summed E-state index contributed by atoms with van der Waals surface area (Å²) in [5.41, 5.74) is 0.704. The van der Waals surface area contributed by atoms with Gasteiger partial charge in [-0.25, -0.2) is 0 Å². The summed E-state index contributed by atoms with van der Waals surface area (Å²) in [6, 6.07) is 5.24. The fourth-order valence-corrected chi connectivity index (χ4v) is 1.75. The quantitative estimate of drug-likeness (QED) is 0.771. The molecule has 0 heterocycles. The Bertz CT molecular complexity index is 472. The molecule has 0 aromatic heterocycles. The van der Waals surface area contributed by atoms with Gasteiger partial charge in [0, 0.05) is 13.8 Å². The molecule has 2 N–H and O–H groups in total. The molecule has 0 bridgehead atoms. The fraction of sp³-hybridized carbons (Fsp3) is 0.429. The van der Waals surface area contributed by atoms with Crippen molar-refractivity contribution >= 4 is 11.8 Å². The first-order valence-corrected chi connectivity index (χ1v) is 6.32. The lowest BCUT2D eigenvalue weighted by Gasteiger charge is -2.20. The molecular weight excluding hydrogens is 260 g/mol. The number of ether oxygens (including phenoxy) is 2. The summed E-state index contributed by atoms with van der Waals surface area (Å²) in [7, 11) is 1.54. The lowest BCUT2D eigenvalue weighted by atomic mass is 10.1. The summed E-state index contributed by atoms with van der Waals surface area (Å²) in [5.74, 6) is 0.682. The number of carbonyl (C=O) groups is 2. The van der Waals surface area contributed by atoms with Crippen molar-refractivity contribution in [3.63, 3.8) is 0 Å². The van der Waals surface area contributed by atoms with E-state index >= 15 is 0 Å². The number of hydrogen-bond donors (Lipinski definition) is 2. The topological polar surface area (TPSA) is 76.7 Å². The van der Waals surface area contributed by atoms with Crippen molar-refractivity contribution in [2.75, 3.05) is 13.7 Å². The highest BCUT2D eigenvalue weighted by Crippen LogP contribution is 2.29. The third-order valence-corrected chi connectivity index (χ3v) is 2.52. The van der Waals surface area contributed by atoms with Crippen molar-refractivity contribution < 1.29 is 19.1 Å². The molecule has 1 aromatic carbocycles. The average molecular weight is 280 g/mol. The van der Waals surface area contributed by atoms with Gasteiger partial charge in [-0.3, -0.25) is 9.59 Å². The van der Waals surface area contributed by atoms with Crippen LogP contribution in [0.15, 0.2) is 18.2 Å². The number of nitrogens with one attached hydrogen (secondary N) is 2. The monoisotopic (exact) mass is 280 g/mol. The Balaban J connectivity index is 3.06. The van der Waals surface area contributed by atoms with Crippen LogP contribution in [0.25, 0.3) is 0 Å². The Labute approximate surface area is 118 Å². The molecule has 0 aliphatic carbocycles. The van der Waals surface area contributed by atoms with Gasteiger partial charge in [0.25, 0.3) is 0 Å². The minimum Gasteiger partial charge on any atom is -0.493 e. The Morgan fingerprint density at radius 3 is 2.20 bits per heavy atom. The first kappa shape index (κ1) is 15.8. The molecule has 1 aromatic rings. The van der Waals surface area contributed by atoms with Crippen molar-refractivity contribution in [2.24, 2.45) is 0 Å². The van der Waals surface area contributed by atoms with Crippen LogP contribution in [-0.2, 0) is 9.59 Å². The number of hydrogen-bond acceptors (Lipinski definition) is 4. The van der Waals surface area contributed by atoms with E-state index in [1.165, 1.54) is 21.0 Å². The summed E-state index contributed by atoms with van der Waals surface area (Å²) in [6.45, 7) is 5.18. The highest BCUT2D eigenvalue weighted by Gasteiger charge is 2.16. The van der Waals surface area contributed by atoms with Gasteiger partial charge in [-0.05, 0) is 24.6 Å². The molecule has 0 radical (unpaired) electrons. The van der Waals surface area contributed by atoms with Crippen molar-refractivity contribution in [1.82, 2.24) is 10.6 Å². The summed E-state index contributed by atoms with van der Waals surface area (Å²) >= 11 is 0. The van der Waals surface area contributed by atoms with Gasteiger partial charge in [0.05, 0.1) is 13.7 Å². The molecule has 0 saturated heterocycles. The largest absolute Gasteiger partial charge is 0.493 e. The summed E-state index contributed by atoms with van der Waals surface area (Å²) in [4.78, 5) is 22.4. The third kappa shape index (κ3) is 4.46. The molecule has 0 aliphatic heterocycles. The van der Waals surface area contributed by atoms with Crippen LogP contribution in [0, 0.1) is 0 Å². The number of carbonyl (C=O) groups excluding carboxylic acids is 2. The van der Waals surface area contributed by atoms with Crippen molar-refractivity contribution in [3.05, 3.63) is 23.8 Å². The van der Waals surface area contributed by atoms with Gasteiger partial charge < -0.3 is 20.1 Å². The van der Waals surface area contributed by atoms with Crippen LogP contribution in [0.2, 0.25) is 0 Å². The molecule has 20 heavy (non-hydrogen) atoms. The molecule has 1 rings (SSSR count). The normalized spacial score (nSPS) is 10.1. The van der Waals surface area contributed by atoms with E-state index in [1.807, 2.05) is 6.92 Å². The molecule has 0 aliphatic rings. The molecule has 6 nitrogen and oxygen atoms in total. The zero-order valence-electron chi connectivity index (χ0n) is 12.1. The van der Waals surface area contributed by atoms with Crippen molar-refractivity contribution in [1.29, 1.82) is 0 Å². The van der Waals surface area contributed by atoms with Crippen LogP contribution >= 0.6 is 0 Å². The fourth-order valence-electron chi connectivity index (χ4n) is 1.75. The van der Waals surface area contributed by atoms with Crippen LogP contribution in [-0.4, -0.2) is 25.5 Å². The molecule has 0 unspecified atom stereocenters. The van der Waals surface area contributed by atoms with E-state index in [2.05, 4.69) is 10.6 Å². The second-order valence-electron chi connectivity index (χ2n) is 4.18. The van der Waals surface area contributed by atoms with Gasteiger partial charge >= 0.3 is 0 Å². The first-order valence-electron chi connectivity index (χ1n) is 6.32. The maximum atomic E-state index is 11.2. The van der Waals surface area contributed by atoms with Gasteiger partial charge in [0.2, 0.25) is 11.8 Å². The number of methoxy groups -OCH3 is 1. The lowest BCUT2D eigenvalue weighted by Crippen LogP contribution is -2.39. The average Bonchev–Trinajstić information content (AvgIpc) is 2.37. The maximum Gasteiger partial charge on any atom is 0.218 e. The lowest BCUT2D eigenvalue weighted by molar-refractivity contribution is -0.122. The number of amides is 2. The Morgan fingerprint density at radius 2 is 1.75 bits per heavy atom. The highest BCUT2D eigenvalue weighted by molar-refractivity contribution is 5.76. The zero-order chi connectivity index (χ0) is 15.1. The maximum absolute atomic E-state index is 11.2. The van der Waals surface area contributed by atoms with Crippen LogP contribution in [0.5, 0.6) is 11.5 Å². The minimum atomic E-state index is -0.602. The molecule has 110 valence electrons. The second kappa shape index (κ2) is 7.37. The number of benzene rings is 1. The zero-order valence-corrected chi connectivity index (χ0v) is 12.1. The summed E-state index contributed by atoms with van der Waals surface area (Å²) in [6.07, 6.45) is -0.602. The number of rotatable bonds is 6. The van der Waals surface area contributed by atoms with Crippen LogP contribution < -0.4 is 20.1 Å². The Kier molecular flexibility index (Phi) is 5.83. The smallest absolute Gasteiger partial charge is 0.218 e. The molecular formula is C14H20N2O4. The SMILES string of the molecule is CCOc1ccc(C(NC(C)=O)NC(C)=O)cc1OC. The predicted octanol–water partition coefficient (Wildman–Crippen LogP) is 1.36. The van der Waals surface area contributed by atoms with E-state index in [9.17, 15) is 9.59 Å². The molecule has 0 spiro atoms. The summed E-state index contributed by atoms with van der Waals surface area (Å²) in [5, 5.41) is 5.33. The molecule has 0 saturated carbocycles. The van der Waals surface area contributed by atoms with Crippen LogP contribution in [0.4, 0.5) is 0 Å². The predicted molar refractivity (Wildman–Crippen MR) is 74.5 cm³/mol. The van der Waals surface area contributed by atoms with E-state index in [0.717, 1.165) is 0 Å². The molecule has 0 atom stereocenters. The highest BCUT2D eigenvalue weighted by atomic mass is 16.5. The van der Waals surface area contributed by atoms with Gasteiger partial charge in [-0.15, -0.1) is 0 Å². The standard InChI is InChI=1S/C14H20N2O4/c1-5-20-12-7-6-11(8-13(12)19-4)14(15-9(2)17)16-10(3)18/h6-8,14H,5H2,1-4H3,(H,15,17)(H,16,18). The Hall–Kier alpha value is -2.24. The van der Waals surface area contributed by atoms with E-state index in [4.69, 9.17) is 9.47 Å². The van der Waals surface area contributed by atoms with E-state index in [0.29, 0.717) is 23.7 Å². The van der Waals surface area contributed by atoms with Gasteiger partial charge in [0.15, 0.2) is 11.5 Å². The van der Waals surface area contributed by atoms with E-state index in [-0.39, 0.29) is 11.8 Å². The second-order valence-corrected chi connectivity index (χ2v) is 4.18. The van der Waals surface area contributed by atoms with Gasteiger partial charge in [-0.2, -0.15) is 0 Å². The van der Waals surface area contributed by atoms with Crippen LogP contribution in [0.1, 0.15) is 32.5 Å². The van der Waals surface area contributed by atoms with Crippen LogP contribution in [0.3, 0.4) is 0 Å². The van der Waals surface area contributed by atoms with Gasteiger partial charge in [-0.1, -0.05) is 6.07 Å². The molecule has 6 heteroatoms.